The Morgan fingerprint density at radius 1 is 0.955 bits per heavy atom. The van der Waals surface area contributed by atoms with E-state index in [4.69, 9.17) is 0 Å². The molecule has 1 fully saturated rings. The molecule has 0 radical (unpaired) electrons. The highest BCUT2D eigenvalue weighted by molar-refractivity contribution is 14.2. The van der Waals surface area contributed by atoms with Crippen molar-refractivity contribution in [2.75, 3.05) is 26.2 Å². The molecule has 1 saturated heterocycles. The van der Waals surface area contributed by atoms with E-state index in [0.717, 1.165) is 31.7 Å². The molecule has 4 heteroatoms. The third-order valence-electron chi connectivity index (χ3n) is 4.04. The minimum atomic E-state index is -0.181. The molecular formula is C18H20FIN2. The smallest absolute Gasteiger partial charge is 0.123 e. The van der Waals surface area contributed by atoms with E-state index in [1.807, 2.05) is 12.1 Å². The molecule has 116 valence electrons. The predicted molar refractivity (Wildman–Crippen MR) is 99.0 cm³/mol. The average molecular weight is 410 g/mol. The van der Waals surface area contributed by atoms with Crippen molar-refractivity contribution in [2.24, 2.45) is 0 Å². The van der Waals surface area contributed by atoms with Crippen LogP contribution in [0.4, 0.5) is 4.39 Å². The first-order valence-electron chi connectivity index (χ1n) is 7.46. The van der Waals surface area contributed by atoms with Gasteiger partial charge in [-0.05, 0) is 35.4 Å². The van der Waals surface area contributed by atoms with Crippen LogP contribution in [0.5, 0.6) is 0 Å². The summed E-state index contributed by atoms with van der Waals surface area (Å²) in [6, 6.07) is 15.9. The molecule has 0 spiro atoms. The number of piperazine rings is 1. The normalized spacial score (nSPS) is 17.3. The minimum absolute atomic E-state index is 0.122. The van der Waals surface area contributed by atoms with Crippen molar-refractivity contribution in [3.8, 4) is 0 Å². The summed E-state index contributed by atoms with van der Waals surface area (Å²) in [5, 5.41) is 3.39. The fraction of sp³-hybridized carbons (Fsp3) is 0.278. The number of halogens is 2. The second-order valence-corrected chi connectivity index (χ2v) is 7.43. The molecule has 1 atom stereocenters. The van der Waals surface area contributed by atoms with E-state index in [1.165, 1.54) is 9.13 Å². The zero-order valence-corrected chi connectivity index (χ0v) is 14.6. The first-order chi connectivity index (χ1) is 10.8. The fourth-order valence-corrected chi connectivity index (χ4v) is 3.80. The van der Waals surface area contributed by atoms with Crippen LogP contribution in [0.3, 0.4) is 0 Å². The van der Waals surface area contributed by atoms with E-state index in [-0.39, 0.29) is 32.6 Å². The molecule has 2 aromatic rings. The van der Waals surface area contributed by atoms with Gasteiger partial charge in [-0.15, -0.1) is 0 Å². The van der Waals surface area contributed by atoms with Gasteiger partial charge in [0, 0.05) is 29.7 Å². The van der Waals surface area contributed by atoms with Crippen LogP contribution in [0, 0.1) is 9.39 Å². The van der Waals surface area contributed by atoms with Crippen LogP contribution >= 0.6 is 20.7 Å². The highest BCUT2D eigenvalue weighted by Crippen LogP contribution is 2.29. The Balaban J connectivity index is 1.96. The molecule has 0 amide bonds. The van der Waals surface area contributed by atoms with Gasteiger partial charge in [-0.25, -0.2) is 4.39 Å². The van der Waals surface area contributed by atoms with Gasteiger partial charge in [0.05, 0.1) is 6.04 Å². The number of nitrogens with zero attached hydrogens (tertiary/aromatic N) is 1. The lowest BCUT2D eigenvalue weighted by atomic mass is 9.96. The zero-order chi connectivity index (χ0) is 15.4. The summed E-state index contributed by atoms with van der Waals surface area (Å²) in [7, 11) is 0. The van der Waals surface area contributed by atoms with E-state index in [0.29, 0.717) is 0 Å². The highest BCUT2D eigenvalue weighted by Gasteiger charge is 2.23. The Bertz CT molecular complexity index is 619. The monoisotopic (exact) mass is 410 g/mol. The van der Waals surface area contributed by atoms with Crippen LogP contribution in [0.15, 0.2) is 48.5 Å². The summed E-state index contributed by atoms with van der Waals surface area (Å²) in [4.78, 5) is 2.47. The number of nitrogens with one attached hydrogen (secondary N) is 1. The molecule has 1 heterocycles. The first-order valence-corrected chi connectivity index (χ1v) is 10.1. The Morgan fingerprint density at radius 2 is 1.50 bits per heavy atom. The van der Waals surface area contributed by atoms with Crippen molar-refractivity contribution in [3.05, 3.63) is 69.0 Å². The van der Waals surface area contributed by atoms with E-state index in [9.17, 15) is 4.39 Å². The van der Waals surface area contributed by atoms with E-state index in [2.05, 4.69) is 39.0 Å². The standard InChI is InChI=1S/C18H20FIN2/c1-20-17-8-4-15(5-9-17)18(22-12-10-21-11-13-22)14-2-6-16(19)7-3-14/h2-9,18,21H,1,10-13H2. The molecule has 0 saturated carbocycles. The van der Waals surface area contributed by atoms with Crippen molar-refractivity contribution < 1.29 is 4.39 Å². The third-order valence-corrected chi connectivity index (χ3v) is 5.64. The number of benzene rings is 2. The van der Waals surface area contributed by atoms with Crippen molar-refractivity contribution in [2.45, 2.75) is 6.04 Å². The quantitative estimate of drug-likeness (QED) is 0.778. The molecule has 0 aromatic heterocycles. The topological polar surface area (TPSA) is 15.3 Å². The molecule has 1 unspecified atom stereocenters. The van der Waals surface area contributed by atoms with Crippen LogP contribution in [-0.2, 0) is 0 Å². The second kappa shape index (κ2) is 7.44. The average Bonchev–Trinajstić information content (AvgIpc) is 2.58. The molecular weight excluding hydrogens is 390 g/mol. The molecule has 22 heavy (non-hydrogen) atoms. The van der Waals surface area contributed by atoms with Gasteiger partial charge in [0.25, 0.3) is 0 Å². The summed E-state index contributed by atoms with van der Waals surface area (Å²) < 4.78 is 18.7. The van der Waals surface area contributed by atoms with Gasteiger partial charge in [0.15, 0.2) is 0 Å². The maximum absolute atomic E-state index is 13.3. The van der Waals surface area contributed by atoms with Crippen LogP contribution in [0.1, 0.15) is 17.2 Å². The van der Waals surface area contributed by atoms with E-state index >= 15 is 0 Å². The summed E-state index contributed by atoms with van der Waals surface area (Å²) in [5.41, 5.74) is 2.43. The van der Waals surface area contributed by atoms with Gasteiger partial charge in [-0.1, -0.05) is 49.5 Å². The molecule has 2 nitrogen and oxygen atoms in total. The Kier molecular flexibility index (Phi) is 5.33. The molecule has 1 aliphatic rings. The summed E-state index contributed by atoms with van der Waals surface area (Å²) >= 11 is -0.122. The van der Waals surface area contributed by atoms with Gasteiger partial charge in [-0.3, -0.25) is 4.90 Å². The number of hydrogen-bond acceptors (Lipinski definition) is 2. The summed E-state index contributed by atoms with van der Waals surface area (Å²) in [6.45, 7) is 4.01. The second-order valence-electron chi connectivity index (χ2n) is 5.43. The lowest BCUT2D eigenvalue weighted by molar-refractivity contribution is 0.198. The molecule has 0 bridgehead atoms. The molecule has 1 aliphatic heterocycles. The van der Waals surface area contributed by atoms with E-state index < -0.39 is 0 Å². The van der Waals surface area contributed by atoms with Gasteiger partial charge in [0.2, 0.25) is 0 Å². The Labute approximate surface area is 141 Å². The Hall–Kier alpha value is -1.11. The number of rotatable bonds is 4. The van der Waals surface area contributed by atoms with Crippen molar-refractivity contribution in [3.63, 3.8) is 0 Å². The zero-order valence-electron chi connectivity index (χ0n) is 12.4. The highest BCUT2D eigenvalue weighted by atomic mass is 127. The lowest BCUT2D eigenvalue weighted by Crippen LogP contribution is -2.45. The van der Waals surface area contributed by atoms with Gasteiger partial charge >= 0.3 is 0 Å². The molecule has 3 rings (SSSR count). The van der Waals surface area contributed by atoms with Crippen LogP contribution in [-0.4, -0.2) is 35.6 Å². The predicted octanol–water partition coefficient (Wildman–Crippen LogP) is 3.39. The molecule has 1 N–H and O–H groups in total. The minimum Gasteiger partial charge on any atom is -0.314 e. The van der Waals surface area contributed by atoms with Crippen LogP contribution in [0.2, 0.25) is 0 Å². The first kappa shape index (κ1) is 15.8. The summed E-state index contributed by atoms with van der Waals surface area (Å²) in [5.74, 6) is -0.181. The largest absolute Gasteiger partial charge is 0.314 e. The van der Waals surface area contributed by atoms with Crippen LogP contribution in [0.25, 0.3) is 0 Å². The summed E-state index contributed by atoms with van der Waals surface area (Å²) in [6.07, 6.45) is 0. The van der Waals surface area contributed by atoms with Crippen molar-refractivity contribution >= 4 is 25.2 Å². The maximum atomic E-state index is 13.3. The Morgan fingerprint density at radius 3 is 2.05 bits per heavy atom. The van der Waals surface area contributed by atoms with Gasteiger partial charge in [-0.2, -0.15) is 0 Å². The lowest BCUT2D eigenvalue weighted by Gasteiger charge is -2.35. The van der Waals surface area contributed by atoms with Crippen molar-refractivity contribution in [1.29, 1.82) is 0 Å². The third kappa shape index (κ3) is 3.62. The molecule has 0 aliphatic carbocycles. The van der Waals surface area contributed by atoms with Crippen molar-refractivity contribution in [1.82, 2.24) is 10.2 Å². The maximum Gasteiger partial charge on any atom is 0.123 e. The van der Waals surface area contributed by atoms with Gasteiger partial charge < -0.3 is 5.32 Å². The SMILES string of the molecule is C=Ic1ccc(C(c2ccc(F)cc2)N2CCNCC2)cc1. The van der Waals surface area contributed by atoms with Crippen LogP contribution < -0.4 is 5.32 Å². The van der Waals surface area contributed by atoms with E-state index in [1.54, 1.807) is 12.1 Å². The van der Waals surface area contributed by atoms with Gasteiger partial charge in [0.1, 0.15) is 5.82 Å². The molecule has 2 aromatic carbocycles. The number of hydrogen-bond donors (Lipinski definition) is 1. The fourth-order valence-electron chi connectivity index (χ4n) is 2.93.